The summed E-state index contributed by atoms with van der Waals surface area (Å²) in [6, 6.07) is 56.3. The molecule has 0 fully saturated rings. The third-order valence-electron chi connectivity index (χ3n) is 8.81. The van der Waals surface area contributed by atoms with E-state index in [0.717, 1.165) is 28.4 Å². The lowest BCUT2D eigenvalue weighted by Crippen LogP contribution is -2.10. The van der Waals surface area contributed by atoms with Crippen LogP contribution in [0.5, 0.6) is 0 Å². The molecule has 4 heteroatoms. The molecule has 9 aromatic rings. The Hall–Kier alpha value is -6.13. The van der Waals surface area contributed by atoms with Crippen LogP contribution >= 0.6 is 0 Å². The molecule has 0 atom stereocenters. The molecular weight excluding hydrogens is 548 g/mol. The lowest BCUT2D eigenvalue weighted by Gasteiger charge is -2.26. The topological polar surface area (TPSA) is 26.0 Å². The van der Waals surface area contributed by atoms with Gasteiger partial charge in [-0.3, -0.25) is 4.98 Å². The largest absolute Gasteiger partial charge is 0.310 e. The van der Waals surface area contributed by atoms with Crippen LogP contribution < -0.4 is 4.90 Å². The Balaban J connectivity index is 1.15. The van der Waals surface area contributed by atoms with Crippen LogP contribution in [0.25, 0.3) is 55.0 Å². The minimum Gasteiger partial charge on any atom is -0.310 e. The molecule has 212 valence electrons. The van der Waals surface area contributed by atoms with E-state index in [0.29, 0.717) is 0 Å². The highest BCUT2D eigenvalue weighted by molar-refractivity contribution is 6.10. The molecule has 45 heavy (non-hydrogen) atoms. The molecular formula is C41H28N4. The molecule has 9 rings (SSSR count). The summed E-state index contributed by atoms with van der Waals surface area (Å²) in [6.07, 6.45) is 3.70. The van der Waals surface area contributed by atoms with Crippen LogP contribution in [0.2, 0.25) is 0 Å². The standard InChI is InChI=1S/C41H28N4/c1-5-13-38-34(9-1)35-10-2-6-14-39(35)44(38)31-21-17-29(18-22-31)43(33-25-27-42-28-26-33)30-19-23-32(24-20-30)45-40-15-7-3-11-36(40)37-12-4-8-16-41(37)45/h1-28H. The van der Waals surface area contributed by atoms with Crippen molar-refractivity contribution in [1.82, 2.24) is 14.1 Å². The van der Waals surface area contributed by atoms with Gasteiger partial charge in [0.05, 0.1) is 22.1 Å². The number of fused-ring (bicyclic) bond motifs is 6. The van der Waals surface area contributed by atoms with E-state index in [1.165, 1.54) is 43.6 Å². The average Bonchev–Trinajstić information content (AvgIpc) is 3.63. The predicted octanol–water partition coefficient (Wildman–Crippen LogP) is 10.7. The van der Waals surface area contributed by atoms with Crippen LogP contribution in [0, 0.1) is 0 Å². The van der Waals surface area contributed by atoms with Crippen LogP contribution in [-0.2, 0) is 0 Å². The van der Waals surface area contributed by atoms with Crippen LogP contribution in [0.3, 0.4) is 0 Å². The van der Waals surface area contributed by atoms with E-state index in [1.807, 2.05) is 12.4 Å². The molecule has 4 nitrogen and oxygen atoms in total. The lowest BCUT2D eigenvalue weighted by atomic mass is 10.1. The van der Waals surface area contributed by atoms with Gasteiger partial charge in [0.2, 0.25) is 0 Å². The van der Waals surface area contributed by atoms with Crippen LogP contribution in [0.15, 0.2) is 170 Å². The molecule has 0 unspecified atom stereocenters. The summed E-state index contributed by atoms with van der Waals surface area (Å²) in [6.45, 7) is 0. The minimum atomic E-state index is 1.05. The van der Waals surface area contributed by atoms with E-state index in [-0.39, 0.29) is 0 Å². The molecule has 0 aliphatic rings. The van der Waals surface area contributed by atoms with Crippen LogP contribution in [0.1, 0.15) is 0 Å². The van der Waals surface area contributed by atoms with Gasteiger partial charge in [-0.15, -0.1) is 0 Å². The molecule has 0 saturated carbocycles. The first kappa shape index (κ1) is 25.4. The van der Waals surface area contributed by atoms with Crippen molar-refractivity contribution in [2.75, 3.05) is 4.90 Å². The van der Waals surface area contributed by atoms with Crippen molar-refractivity contribution in [3.05, 3.63) is 170 Å². The summed E-state index contributed by atoms with van der Waals surface area (Å²) in [5, 5.41) is 5.05. The normalized spacial score (nSPS) is 11.6. The Morgan fingerprint density at radius 2 is 0.644 bits per heavy atom. The molecule has 0 aliphatic heterocycles. The lowest BCUT2D eigenvalue weighted by molar-refractivity contribution is 1.16. The van der Waals surface area contributed by atoms with E-state index < -0.39 is 0 Å². The van der Waals surface area contributed by atoms with E-state index in [2.05, 4.69) is 177 Å². The van der Waals surface area contributed by atoms with Crippen molar-refractivity contribution >= 4 is 60.7 Å². The minimum absolute atomic E-state index is 1.05. The second-order valence-corrected chi connectivity index (χ2v) is 11.3. The third-order valence-corrected chi connectivity index (χ3v) is 8.81. The maximum Gasteiger partial charge on any atom is 0.0541 e. The van der Waals surface area contributed by atoms with Crippen molar-refractivity contribution in [3.63, 3.8) is 0 Å². The zero-order chi connectivity index (χ0) is 29.7. The van der Waals surface area contributed by atoms with E-state index in [9.17, 15) is 0 Å². The van der Waals surface area contributed by atoms with Gasteiger partial charge < -0.3 is 14.0 Å². The number of para-hydroxylation sites is 4. The fraction of sp³-hybridized carbons (Fsp3) is 0. The second-order valence-electron chi connectivity index (χ2n) is 11.3. The van der Waals surface area contributed by atoms with E-state index >= 15 is 0 Å². The third kappa shape index (κ3) is 4.04. The van der Waals surface area contributed by atoms with Crippen molar-refractivity contribution in [1.29, 1.82) is 0 Å². The SMILES string of the molecule is c1ccc2c(c1)c1ccccc1n2-c1ccc(N(c2ccncc2)c2ccc(-n3c4ccccc4c4ccccc43)cc2)cc1. The fourth-order valence-corrected chi connectivity index (χ4v) is 6.84. The second kappa shape index (κ2) is 10.2. The van der Waals surface area contributed by atoms with Crippen LogP contribution in [-0.4, -0.2) is 14.1 Å². The summed E-state index contributed by atoms with van der Waals surface area (Å²) in [7, 11) is 0. The molecule has 6 aromatic carbocycles. The molecule has 3 aromatic heterocycles. The zero-order valence-electron chi connectivity index (χ0n) is 24.5. The van der Waals surface area contributed by atoms with Gasteiger partial charge in [0.15, 0.2) is 0 Å². The van der Waals surface area contributed by atoms with Crippen molar-refractivity contribution in [3.8, 4) is 11.4 Å². The number of hydrogen-bond acceptors (Lipinski definition) is 2. The number of benzene rings is 6. The number of nitrogens with zero attached hydrogens (tertiary/aromatic N) is 4. The molecule has 0 amide bonds. The van der Waals surface area contributed by atoms with Gasteiger partial charge in [0, 0.05) is 62.4 Å². The Labute approximate surface area is 260 Å². The Bertz CT molecular complexity index is 2210. The molecule has 0 spiro atoms. The van der Waals surface area contributed by atoms with Gasteiger partial charge in [0.1, 0.15) is 0 Å². The maximum atomic E-state index is 4.29. The molecule has 0 aliphatic carbocycles. The first-order valence-electron chi connectivity index (χ1n) is 15.2. The Morgan fingerprint density at radius 1 is 0.333 bits per heavy atom. The van der Waals surface area contributed by atoms with Gasteiger partial charge in [-0.25, -0.2) is 0 Å². The Morgan fingerprint density at radius 3 is 1.00 bits per heavy atom. The highest BCUT2D eigenvalue weighted by Crippen LogP contribution is 2.38. The van der Waals surface area contributed by atoms with Crippen molar-refractivity contribution < 1.29 is 0 Å². The number of pyridine rings is 1. The van der Waals surface area contributed by atoms with Gasteiger partial charge in [-0.05, 0) is 84.9 Å². The van der Waals surface area contributed by atoms with Gasteiger partial charge in [-0.1, -0.05) is 72.8 Å². The molecule has 0 saturated heterocycles. The van der Waals surface area contributed by atoms with Crippen molar-refractivity contribution in [2.24, 2.45) is 0 Å². The van der Waals surface area contributed by atoms with Gasteiger partial charge in [0.25, 0.3) is 0 Å². The van der Waals surface area contributed by atoms with E-state index in [1.54, 1.807) is 0 Å². The maximum absolute atomic E-state index is 4.29. The fourth-order valence-electron chi connectivity index (χ4n) is 6.84. The van der Waals surface area contributed by atoms with Gasteiger partial charge in [-0.2, -0.15) is 0 Å². The summed E-state index contributed by atoms with van der Waals surface area (Å²) in [4.78, 5) is 6.58. The Kier molecular flexibility index (Phi) is 5.78. The highest BCUT2D eigenvalue weighted by atomic mass is 15.1. The highest BCUT2D eigenvalue weighted by Gasteiger charge is 2.16. The number of aromatic nitrogens is 3. The summed E-state index contributed by atoms with van der Waals surface area (Å²) < 4.78 is 4.71. The summed E-state index contributed by atoms with van der Waals surface area (Å²) >= 11 is 0. The van der Waals surface area contributed by atoms with Crippen LogP contribution in [0.4, 0.5) is 17.1 Å². The summed E-state index contributed by atoms with van der Waals surface area (Å²) in [5.74, 6) is 0. The quantitative estimate of drug-likeness (QED) is 0.204. The predicted molar refractivity (Wildman–Crippen MR) is 188 cm³/mol. The first-order chi connectivity index (χ1) is 22.3. The molecule has 0 radical (unpaired) electrons. The smallest absolute Gasteiger partial charge is 0.0541 e. The number of rotatable bonds is 5. The molecule has 0 bridgehead atoms. The number of anilines is 3. The monoisotopic (exact) mass is 576 g/mol. The number of hydrogen-bond donors (Lipinski definition) is 0. The molecule has 3 heterocycles. The zero-order valence-corrected chi connectivity index (χ0v) is 24.5. The average molecular weight is 577 g/mol. The molecule has 0 N–H and O–H groups in total. The van der Waals surface area contributed by atoms with Gasteiger partial charge >= 0.3 is 0 Å². The first-order valence-corrected chi connectivity index (χ1v) is 15.2. The van der Waals surface area contributed by atoms with E-state index in [4.69, 9.17) is 0 Å². The summed E-state index contributed by atoms with van der Waals surface area (Å²) in [5.41, 5.74) is 10.3. The van der Waals surface area contributed by atoms with Crippen molar-refractivity contribution in [2.45, 2.75) is 0 Å².